The summed E-state index contributed by atoms with van der Waals surface area (Å²) >= 11 is 2.83. The number of thiazole rings is 1. The summed E-state index contributed by atoms with van der Waals surface area (Å²) in [6.45, 7) is 3.42. The third-order valence-corrected chi connectivity index (χ3v) is 4.83. The zero-order valence-corrected chi connectivity index (χ0v) is 13.6. The van der Waals surface area contributed by atoms with Gasteiger partial charge in [-0.3, -0.25) is 14.9 Å². The van der Waals surface area contributed by atoms with Gasteiger partial charge in [-0.25, -0.2) is 4.98 Å². The van der Waals surface area contributed by atoms with Crippen LogP contribution in [0.15, 0.2) is 30.3 Å². The lowest BCUT2D eigenvalue weighted by Crippen LogP contribution is -2.09. The van der Waals surface area contributed by atoms with Crippen LogP contribution < -0.4 is 10.6 Å². The third-order valence-electron chi connectivity index (χ3n) is 2.89. The van der Waals surface area contributed by atoms with Crippen molar-refractivity contribution in [3.63, 3.8) is 0 Å². The number of fused-ring (bicyclic) bond motifs is 1. The van der Waals surface area contributed by atoms with Crippen LogP contribution in [0.5, 0.6) is 0 Å². The molecule has 0 unspecified atom stereocenters. The number of carbonyl (C=O) groups excluding carboxylic acids is 2. The summed E-state index contributed by atoms with van der Waals surface area (Å²) in [4.78, 5) is 29.3. The molecule has 7 heteroatoms. The topological polar surface area (TPSA) is 71.1 Å². The Bertz CT molecular complexity index is 867. The third kappa shape index (κ3) is 3.15. The highest BCUT2D eigenvalue weighted by Crippen LogP contribution is 2.29. The van der Waals surface area contributed by atoms with Gasteiger partial charge in [0, 0.05) is 17.5 Å². The molecule has 0 bridgehead atoms. The van der Waals surface area contributed by atoms with Crippen LogP contribution in [0.25, 0.3) is 10.2 Å². The highest BCUT2D eigenvalue weighted by atomic mass is 32.1. The molecule has 22 heavy (non-hydrogen) atoms. The van der Waals surface area contributed by atoms with Gasteiger partial charge in [0.15, 0.2) is 5.13 Å². The number of nitrogens with one attached hydrogen (secondary N) is 2. The molecule has 0 aliphatic rings. The van der Waals surface area contributed by atoms with E-state index in [9.17, 15) is 9.59 Å². The second-order valence-corrected chi connectivity index (χ2v) is 7.07. The summed E-state index contributed by atoms with van der Waals surface area (Å²) in [6, 6.07) is 9.17. The number of amides is 2. The van der Waals surface area contributed by atoms with Gasteiger partial charge < -0.3 is 5.32 Å². The molecule has 3 aromatic rings. The van der Waals surface area contributed by atoms with Gasteiger partial charge in [-0.2, -0.15) is 0 Å². The zero-order chi connectivity index (χ0) is 15.7. The first-order valence-electron chi connectivity index (χ1n) is 6.57. The first-order chi connectivity index (χ1) is 10.5. The van der Waals surface area contributed by atoms with Gasteiger partial charge in [-0.05, 0) is 37.3 Å². The Balaban J connectivity index is 1.82. The minimum Gasteiger partial charge on any atom is -0.326 e. The Morgan fingerprint density at radius 2 is 1.91 bits per heavy atom. The van der Waals surface area contributed by atoms with Gasteiger partial charge in [-0.15, -0.1) is 11.3 Å². The molecule has 0 aliphatic carbocycles. The van der Waals surface area contributed by atoms with Crippen molar-refractivity contribution >= 4 is 55.5 Å². The maximum absolute atomic E-state index is 12.1. The fourth-order valence-corrected chi connectivity index (χ4v) is 3.64. The number of hydrogen-bond acceptors (Lipinski definition) is 5. The predicted molar refractivity (Wildman–Crippen MR) is 90.9 cm³/mol. The number of carbonyl (C=O) groups is 2. The van der Waals surface area contributed by atoms with Crippen molar-refractivity contribution in [3.05, 3.63) is 40.1 Å². The summed E-state index contributed by atoms with van der Waals surface area (Å²) in [6.07, 6.45) is 0. The first kappa shape index (κ1) is 14.7. The molecule has 1 aromatic carbocycles. The zero-order valence-electron chi connectivity index (χ0n) is 12.0. The molecular weight excluding hydrogens is 318 g/mol. The summed E-state index contributed by atoms with van der Waals surface area (Å²) in [5.41, 5.74) is 1.51. The summed E-state index contributed by atoms with van der Waals surface area (Å²) in [5, 5.41) is 6.09. The van der Waals surface area contributed by atoms with Crippen LogP contribution in [-0.2, 0) is 4.79 Å². The minimum absolute atomic E-state index is 0.120. The molecule has 0 saturated heterocycles. The van der Waals surface area contributed by atoms with E-state index in [1.165, 1.54) is 29.6 Å². The molecule has 0 fully saturated rings. The van der Waals surface area contributed by atoms with Gasteiger partial charge in [0.2, 0.25) is 5.91 Å². The molecule has 0 atom stereocenters. The van der Waals surface area contributed by atoms with E-state index >= 15 is 0 Å². The summed E-state index contributed by atoms with van der Waals surface area (Å²) in [5.74, 6) is -0.273. The Morgan fingerprint density at radius 3 is 2.59 bits per heavy atom. The van der Waals surface area contributed by atoms with E-state index in [1.807, 2.05) is 25.1 Å². The number of rotatable bonds is 3. The van der Waals surface area contributed by atoms with Gasteiger partial charge >= 0.3 is 0 Å². The van der Waals surface area contributed by atoms with Crippen LogP contribution in [-0.4, -0.2) is 16.8 Å². The number of anilines is 2. The van der Waals surface area contributed by atoms with E-state index in [4.69, 9.17) is 0 Å². The SMILES string of the molecule is CC(=O)Nc1ccc2nc(NC(=O)c3ccc(C)s3)sc2c1. The number of thiophene rings is 1. The van der Waals surface area contributed by atoms with Crippen molar-refractivity contribution in [3.8, 4) is 0 Å². The average Bonchev–Trinajstić information content (AvgIpc) is 3.03. The normalized spacial score (nSPS) is 10.6. The number of aryl methyl sites for hydroxylation is 1. The molecule has 2 aromatic heterocycles. The quantitative estimate of drug-likeness (QED) is 0.765. The number of aromatic nitrogens is 1. The minimum atomic E-state index is -0.153. The maximum atomic E-state index is 12.1. The van der Waals surface area contributed by atoms with Crippen molar-refractivity contribution in [2.75, 3.05) is 10.6 Å². The summed E-state index contributed by atoms with van der Waals surface area (Å²) < 4.78 is 0.906. The van der Waals surface area contributed by atoms with E-state index in [-0.39, 0.29) is 11.8 Å². The van der Waals surface area contributed by atoms with Crippen molar-refractivity contribution < 1.29 is 9.59 Å². The van der Waals surface area contributed by atoms with Crippen LogP contribution in [0, 0.1) is 6.92 Å². The molecule has 2 heterocycles. The molecule has 0 radical (unpaired) electrons. The Kier molecular flexibility index (Phi) is 3.91. The fraction of sp³-hybridized carbons (Fsp3) is 0.133. The molecule has 0 aliphatic heterocycles. The van der Waals surface area contributed by atoms with Crippen molar-refractivity contribution in [1.29, 1.82) is 0 Å². The molecule has 3 rings (SSSR count). The van der Waals surface area contributed by atoms with Crippen LogP contribution in [0.3, 0.4) is 0 Å². The van der Waals surface area contributed by atoms with Crippen LogP contribution >= 0.6 is 22.7 Å². The van der Waals surface area contributed by atoms with Crippen LogP contribution in [0.4, 0.5) is 10.8 Å². The number of nitrogens with zero attached hydrogens (tertiary/aromatic N) is 1. The monoisotopic (exact) mass is 331 g/mol. The highest BCUT2D eigenvalue weighted by Gasteiger charge is 2.12. The Morgan fingerprint density at radius 1 is 1.09 bits per heavy atom. The molecule has 112 valence electrons. The van der Waals surface area contributed by atoms with Gasteiger partial charge in [0.05, 0.1) is 15.1 Å². The molecule has 0 spiro atoms. The maximum Gasteiger partial charge on any atom is 0.267 e. The highest BCUT2D eigenvalue weighted by molar-refractivity contribution is 7.22. The molecule has 5 nitrogen and oxygen atoms in total. The van der Waals surface area contributed by atoms with E-state index in [0.29, 0.717) is 10.0 Å². The predicted octanol–water partition coefficient (Wildman–Crippen LogP) is 3.88. The summed E-state index contributed by atoms with van der Waals surface area (Å²) in [7, 11) is 0. The Labute approximate surface area is 135 Å². The smallest absolute Gasteiger partial charge is 0.267 e. The largest absolute Gasteiger partial charge is 0.326 e. The Hall–Kier alpha value is -2.25. The lowest BCUT2D eigenvalue weighted by molar-refractivity contribution is -0.114. The van der Waals surface area contributed by atoms with Gasteiger partial charge in [-0.1, -0.05) is 11.3 Å². The van der Waals surface area contributed by atoms with Gasteiger partial charge in [0.1, 0.15) is 0 Å². The van der Waals surface area contributed by atoms with E-state index in [1.54, 1.807) is 12.1 Å². The van der Waals surface area contributed by atoms with Crippen molar-refractivity contribution in [2.24, 2.45) is 0 Å². The van der Waals surface area contributed by atoms with Crippen molar-refractivity contribution in [2.45, 2.75) is 13.8 Å². The number of benzene rings is 1. The lowest BCUT2D eigenvalue weighted by Gasteiger charge is -1.99. The number of hydrogen-bond donors (Lipinski definition) is 2. The second kappa shape index (κ2) is 5.86. The van der Waals surface area contributed by atoms with Crippen molar-refractivity contribution in [1.82, 2.24) is 4.98 Å². The molecule has 2 amide bonds. The van der Waals surface area contributed by atoms with Gasteiger partial charge in [0.25, 0.3) is 5.91 Å². The molecule has 0 saturated carbocycles. The van der Waals surface area contributed by atoms with Crippen LogP contribution in [0.1, 0.15) is 21.5 Å². The van der Waals surface area contributed by atoms with E-state index < -0.39 is 0 Å². The lowest BCUT2D eigenvalue weighted by atomic mass is 10.3. The van der Waals surface area contributed by atoms with E-state index in [2.05, 4.69) is 15.6 Å². The first-order valence-corrected chi connectivity index (χ1v) is 8.20. The second-order valence-electron chi connectivity index (χ2n) is 4.75. The molecule has 2 N–H and O–H groups in total. The fourth-order valence-electron chi connectivity index (χ4n) is 1.97. The van der Waals surface area contributed by atoms with Crippen LogP contribution in [0.2, 0.25) is 0 Å². The average molecular weight is 331 g/mol. The van der Waals surface area contributed by atoms with E-state index in [0.717, 1.165) is 20.8 Å². The standard InChI is InChI=1S/C15H13N3O2S2/c1-8-3-6-12(21-8)14(20)18-15-17-11-5-4-10(16-9(2)19)7-13(11)22-15/h3-7H,1-2H3,(H,16,19)(H,17,18,20). The molecular formula is C15H13N3O2S2.